The van der Waals surface area contributed by atoms with Crippen LogP contribution in [0.25, 0.3) is 0 Å². The molecule has 2 rings (SSSR count). The third-order valence-corrected chi connectivity index (χ3v) is 7.32. The van der Waals surface area contributed by atoms with Crippen molar-refractivity contribution in [3.8, 4) is 5.75 Å². The summed E-state index contributed by atoms with van der Waals surface area (Å²) in [6.07, 6.45) is 1.05. The minimum atomic E-state index is -1.43. The summed E-state index contributed by atoms with van der Waals surface area (Å²) in [5, 5.41) is 21.2. The lowest BCUT2D eigenvalue weighted by Crippen LogP contribution is -2.47. The zero-order chi connectivity index (χ0) is 18.3. The Hall–Kier alpha value is -0.890. The number of esters is 1. The number of benzene rings is 1. The number of carbonyl (C=O) groups excluding carboxylic acids is 1. The second kappa shape index (κ2) is 9.71. The first-order chi connectivity index (χ1) is 12.0. The van der Waals surface area contributed by atoms with E-state index in [-0.39, 0.29) is 11.2 Å². The van der Waals surface area contributed by atoms with Crippen LogP contribution in [-0.4, -0.2) is 57.7 Å². The molecule has 1 saturated heterocycles. The van der Waals surface area contributed by atoms with Gasteiger partial charge in [0.05, 0.1) is 23.4 Å². The number of aliphatic hydroxyl groups is 2. The second-order valence-corrected chi connectivity index (χ2v) is 8.96. The lowest BCUT2D eigenvalue weighted by Gasteiger charge is -2.34. The summed E-state index contributed by atoms with van der Waals surface area (Å²) < 4.78 is 10.6. The molecule has 0 saturated carbocycles. The highest BCUT2D eigenvalue weighted by molar-refractivity contribution is 8.17. The van der Waals surface area contributed by atoms with Gasteiger partial charge in [-0.05, 0) is 55.0 Å². The van der Waals surface area contributed by atoms with Crippen LogP contribution < -0.4 is 4.74 Å². The molecular formula is C18H26O5S2. The third-order valence-electron chi connectivity index (χ3n) is 4.32. The maximum atomic E-state index is 12.2. The zero-order valence-electron chi connectivity index (χ0n) is 14.6. The van der Waals surface area contributed by atoms with E-state index in [2.05, 4.69) is 0 Å². The molecular weight excluding hydrogens is 360 g/mol. The number of methoxy groups -OCH3 is 1. The molecule has 1 aliphatic heterocycles. The molecule has 2 N–H and O–H groups in total. The van der Waals surface area contributed by atoms with Gasteiger partial charge in [-0.25, -0.2) is 4.79 Å². The first-order valence-electron chi connectivity index (χ1n) is 8.43. The van der Waals surface area contributed by atoms with Crippen LogP contribution in [0.15, 0.2) is 24.3 Å². The topological polar surface area (TPSA) is 76.0 Å². The van der Waals surface area contributed by atoms with E-state index in [0.717, 1.165) is 11.5 Å². The summed E-state index contributed by atoms with van der Waals surface area (Å²) in [5.74, 6) is 2.30. The molecule has 1 fully saturated rings. The number of ether oxygens (including phenoxy) is 2. The molecule has 140 valence electrons. The Morgan fingerprint density at radius 1 is 1.32 bits per heavy atom. The number of hydrogen-bond acceptors (Lipinski definition) is 7. The van der Waals surface area contributed by atoms with Crippen molar-refractivity contribution in [1.82, 2.24) is 0 Å². The summed E-state index contributed by atoms with van der Waals surface area (Å²) >= 11 is 3.63. The van der Waals surface area contributed by atoms with Crippen LogP contribution >= 0.6 is 23.5 Å². The van der Waals surface area contributed by atoms with Crippen LogP contribution in [0, 0.1) is 0 Å². The van der Waals surface area contributed by atoms with Crippen LogP contribution in [-0.2, 0) is 4.74 Å². The average Bonchev–Trinajstić information content (AvgIpc) is 2.66. The predicted molar refractivity (Wildman–Crippen MR) is 102 cm³/mol. The molecule has 1 aromatic carbocycles. The lowest BCUT2D eigenvalue weighted by molar-refractivity contribution is -0.111. The molecule has 5 nitrogen and oxygen atoms in total. The molecule has 0 aliphatic carbocycles. The summed E-state index contributed by atoms with van der Waals surface area (Å²) in [5.41, 5.74) is -1.05. The van der Waals surface area contributed by atoms with Crippen molar-refractivity contribution in [2.75, 3.05) is 25.2 Å². The van der Waals surface area contributed by atoms with Crippen molar-refractivity contribution < 1.29 is 24.5 Å². The van der Waals surface area contributed by atoms with Gasteiger partial charge in [0.15, 0.2) is 0 Å². The van der Waals surface area contributed by atoms with Crippen LogP contribution in [0.5, 0.6) is 5.75 Å². The van der Waals surface area contributed by atoms with Crippen molar-refractivity contribution in [3.05, 3.63) is 29.8 Å². The fourth-order valence-electron chi connectivity index (χ4n) is 2.51. The molecule has 0 aromatic heterocycles. The maximum absolute atomic E-state index is 12.2. The van der Waals surface area contributed by atoms with E-state index in [4.69, 9.17) is 9.47 Å². The molecule has 25 heavy (non-hydrogen) atoms. The van der Waals surface area contributed by atoms with Gasteiger partial charge < -0.3 is 19.7 Å². The Morgan fingerprint density at radius 2 is 1.96 bits per heavy atom. The molecule has 1 heterocycles. The Balaban J connectivity index is 1.90. The van der Waals surface area contributed by atoms with E-state index in [0.29, 0.717) is 24.2 Å². The van der Waals surface area contributed by atoms with Crippen LogP contribution in [0.1, 0.15) is 36.5 Å². The minimum Gasteiger partial charge on any atom is -0.497 e. The molecule has 0 spiro atoms. The monoisotopic (exact) mass is 386 g/mol. The van der Waals surface area contributed by atoms with Gasteiger partial charge in [-0.1, -0.05) is 6.92 Å². The van der Waals surface area contributed by atoms with Gasteiger partial charge in [0, 0.05) is 0 Å². The Labute approximate surface area is 157 Å². The third kappa shape index (κ3) is 5.81. The van der Waals surface area contributed by atoms with Crippen LogP contribution in [0.4, 0.5) is 0 Å². The summed E-state index contributed by atoms with van der Waals surface area (Å²) in [7, 11) is 1.55. The molecule has 7 heteroatoms. The number of thioether (sulfide) groups is 2. The normalized spacial score (nSPS) is 19.0. The largest absolute Gasteiger partial charge is 0.497 e. The van der Waals surface area contributed by atoms with Crippen molar-refractivity contribution in [1.29, 1.82) is 0 Å². The fraction of sp³-hybridized carbons (Fsp3) is 0.611. The van der Waals surface area contributed by atoms with Gasteiger partial charge in [0.2, 0.25) is 0 Å². The van der Waals surface area contributed by atoms with Gasteiger partial charge >= 0.3 is 5.97 Å². The number of carbonyl (C=O) groups is 1. The summed E-state index contributed by atoms with van der Waals surface area (Å²) in [4.78, 5) is 12.2. The van der Waals surface area contributed by atoms with Crippen LogP contribution in [0.2, 0.25) is 0 Å². The van der Waals surface area contributed by atoms with E-state index in [1.54, 1.807) is 38.3 Å². The Morgan fingerprint density at radius 3 is 2.52 bits per heavy atom. The SMILES string of the molecule is CC[C@](O)(COC(=O)c1ccc(OC)cc1)[C@@H](O)CC1SCCCS1. The number of aliphatic hydroxyl groups excluding tert-OH is 1. The summed E-state index contributed by atoms with van der Waals surface area (Å²) in [6.45, 7) is 1.56. The maximum Gasteiger partial charge on any atom is 0.338 e. The van der Waals surface area contributed by atoms with E-state index >= 15 is 0 Å². The van der Waals surface area contributed by atoms with Gasteiger partial charge in [0.1, 0.15) is 18.0 Å². The first kappa shape index (κ1) is 20.4. The molecule has 1 aliphatic rings. The molecule has 0 amide bonds. The predicted octanol–water partition coefficient (Wildman–Crippen LogP) is 2.94. The minimum absolute atomic E-state index is 0.225. The standard InChI is InChI=1S/C18H26O5S2/c1-3-18(21,15(19)11-16-24-9-4-10-25-16)12-23-17(20)13-5-7-14(22-2)8-6-13/h5-8,15-16,19,21H,3-4,9-12H2,1-2H3/t15-,18-/m0/s1. The van der Waals surface area contributed by atoms with E-state index in [1.807, 2.05) is 23.5 Å². The van der Waals surface area contributed by atoms with E-state index in [9.17, 15) is 15.0 Å². The quantitative estimate of drug-likeness (QED) is 0.665. The molecule has 2 atom stereocenters. The summed E-state index contributed by atoms with van der Waals surface area (Å²) in [6, 6.07) is 6.57. The van der Waals surface area contributed by atoms with Crippen molar-refractivity contribution in [2.24, 2.45) is 0 Å². The van der Waals surface area contributed by atoms with Crippen molar-refractivity contribution in [3.63, 3.8) is 0 Å². The van der Waals surface area contributed by atoms with Gasteiger partial charge in [0.25, 0.3) is 0 Å². The number of hydrogen-bond donors (Lipinski definition) is 2. The molecule has 1 aromatic rings. The first-order valence-corrected chi connectivity index (χ1v) is 10.5. The Kier molecular flexibility index (Phi) is 7.93. The molecule has 0 radical (unpaired) electrons. The highest BCUT2D eigenvalue weighted by Gasteiger charge is 2.37. The van der Waals surface area contributed by atoms with E-state index in [1.165, 1.54) is 6.42 Å². The van der Waals surface area contributed by atoms with E-state index < -0.39 is 17.7 Å². The van der Waals surface area contributed by atoms with Crippen LogP contribution in [0.3, 0.4) is 0 Å². The highest BCUT2D eigenvalue weighted by atomic mass is 32.2. The smallest absolute Gasteiger partial charge is 0.338 e. The average molecular weight is 387 g/mol. The Bertz CT molecular complexity index is 545. The number of rotatable bonds is 8. The lowest BCUT2D eigenvalue weighted by atomic mass is 9.92. The molecule has 0 unspecified atom stereocenters. The molecule has 0 bridgehead atoms. The van der Waals surface area contributed by atoms with Crippen molar-refractivity contribution >= 4 is 29.5 Å². The zero-order valence-corrected chi connectivity index (χ0v) is 16.3. The van der Waals surface area contributed by atoms with Crippen molar-refractivity contribution in [2.45, 2.75) is 42.5 Å². The second-order valence-electron chi connectivity index (χ2n) is 6.04. The van der Waals surface area contributed by atoms with Gasteiger partial charge in [-0.15, -0.1) is 23.5 Å². The van der Waals surface area contributed by atoms with Gasteiger partial charge in [-0.2, -0.15) is 0 Å². The highest BCUT2D eigenvalue weighted by Crippen LogP contribution is 2.35. The van der Waals surface area contributed by atoms with Gasteiger partial charge in [-0.3, -0.25) is 0 Å². The fourth-order valence-corrected chi connectivity index (χ4v) is 5.44.